The van der Waals surface area contributed by atoms with Gasteiger partial charge in [-0.15, -0.1) is 13.2 Å². The Hall–Kier alpha value is -0.303. The summed E-state index contributed by atoms with van der Waals surface area (Å²) in [6, 6.07) is 1.51. The van der Waals surface area contributed by atoms with Gasteiger partial charge in [-0.3, -0.25) is 0 Å². The highest BCUT2D eigenvalue weighted by Crippen LogP contribution is 2.56. The van der Waals surface area contributed by atoms with Crippen molar-refractivity contribution < 1.29 is 0 Å². The van der Waals surface area contributed by atoms with Crippen LogP contribution in [0.1, 0.15) is 39.0 Å². The van der Waals surface area contributed by atoms with E-state index in [0.29, 0.717) is 5.04 Å². The third kappa shape index (κ3) is 2.50. The minimum atomic E-state index is -1.08. The van der Waals surface area contributed by atoms with Gasteiger partial charge in [0, 0.05) is 0 Å². The van der Waals surface area contributed by atoms with Gasteiger partial charge in [0.15, 0.2) is 0 Å². The van der Waals surface area contributed by atoms with Crippen molar-refractivity contribution in [2.24, 2.45) is 5.92 Å². The Morgan fingerprint density at radius 3 is 2.19 bits per heavy atom. The summed E-state index contributed by atoms with van der Waals surface area (Å²) in [5.74, 6) is 0.782. The lowest BCUT2D eigenvalue weighted by atomic mass is 9.83. The maximum absolute atomic E-state index is 3.94. The topological polar surface area (TPSA) is 0 Å². The van der Waals surface area contributed by atoms with Crippen LogP contribution in [0.2, 0.25) is 24.2 Å². The molecule has 0 aliphatic carbocycles. The van der Waals surface area contributed by atoms with Crippen LogP contribution in [-0.2, 0) is 0 Å². The molecule has 92 valence electrons. The first-order chi connectivity index (χ1) is 7.48. The zero-order chi connectivity index (χ0) is 12.2. The fraction of sp³-hybridized carbons (Fsp3) is 0.733. The van der Waals surface area contributed by atoms with Crippen molar-refractivity contribution in [2.45, 2.75) is 63.2 Å². The van der Waals surface area contributed by atoms with Gasteiger partial charge in [-0.05, 0) is 30.2 Å². The van der Waals surface area contributed by atoms with Gasteiger partial charge in [0.2, 0.25) is 0 Å². The van der Waals surface area contributed by atoms with E-state index in [-0.39, 0.29) is 0 Å². The summed E-state index contributed by atoms with van der Waals surface area (Å²) < 4.78 is 0. The number of hydrogen-bond donors (Lipinski definition) is 0. The molecule has 0 bridgehead atoms. The zero-order valence-corrected chi connectivity index (χ0v) is 12.4. The van der Waals surface area contributed by atoms with Gasteiger partial charge in [0.1, 0.15) is 0 Å². The second-order valence-electron chi connectivity index (χ2n) is 6.25. The van der Waals surface area contributed by atoms with Crippen molar-refractivity contribution in [2.75, 3.05) is 0 Å². The first kappa shape index (κ1) is 13.8. The van der Waals surface area contributed by atoms with Crippen LogP contribution in [0.3, 0.4) is 0 Å². The van der Waals surface area contributed by atoms with E-state index in [1.807, 2.05) is 0 Å². The molecule has 1 heterocycles. The predicted molar refractivity (Wildman–Crippen MR) is 77.6 cm³/mol. The number of rotatable bonds is 5. The fourth-order valence-corrected chi connectivity index (χ4v) is 7.36. The molecule has 0 aromatic rings. The van der Waals surface area contributed by atoms with E-state index in [9.17, 15) is 0 Å². The molecule has 0 radical (unpaired) electrons. The molecule has 1 atom stereocenters. The molecular weight excluding hydrogens is 208 g/mol. The summed E-state index contributed by atoms with van der Waals surface area (Å²) >= 11 is 0. The molecule has 16 heavy (non-hydrogen) atoms. The van der Waals surface area contributed by atoms with Crippen molar-refractivity contribution in [3.05, 3.63) is 25.3 Å². The van der Waals surface area contributed by atoms with E-state index >= 15 is 0 Å². The second kappa shape index (κ2) is 5.35. The maximum Gasteiger partial charge on any atom is 0.0536 e. The molecule has 1 heteroatoms. The van der Waals surface area contributed by atoms with E-state index in [1.165, 1.54) is 38.1 Å². The molecule has 0 N–H and O–H groups in total. The average molecular weight is 236 g/mol. The van der Waals surface area contributed by atoms with E-state index in [0.717, 1.165) is 5.92 Å². The molecule has 0 spiro atoms. The van der Waals surface area contributed by atoms with Crippen molar-refractivity contribution in [3.63, 3.8) is 0 Å². The number of allylic oxidation sites excluding steroid dienone is 2. The largest absolute Gasteiger partial charge is 0.103 e. The number of hydrogen-bond acceptors (Lipinski definition) is 0. The van der Waals surface area contributed by atoms with Gasteiger partial charge in [0.05, 0.1) is 8.07 Å². The molecule has 0 amide bonds. The molecular formula is C15H28Si. The summed E-state index contributed by atoms with van der Waals surface area (Å²) in [7, 11) is -1.08. The quantitative estimate of drug-likeness (QED) is 0.442. The van der Waals surface area contributed by atoms with E-state index in [2.05, 4.69) is 45.3 Å². The Balaban J connectivity index is 2.92. The minimum Gasteiger partial charge on any atom is -0.103 e. The monoisotopic (exact) mass is 236 g/mol. The molecule has 1 unspecified atom stereocenters. The van der Waals surface area contributed by atoms with Gasteiger partial charge >= 0.3 is 0 Å². The minimum absolute atomic E-state index is 0.591. The van der Waals surface area contributed by atoms with Gasteiger partial charge in [0.25, 0.3) is 0 Å². The SMILES string of the molecule is C=CCC(CC=C)C1(C)CCCC[Si]1(C)C. The summed E-state index contributed by atoms with van der Waals surface area (Å²) in [4.78, 5) is 0. The lowest BCUT2D eigenvalue weighted by Gasteiger charge is -2.51. The first-order valence-corrected chi connectivity index (χ1v) is 9.90. The Morgan fingerprint density at radius 1 is 1.19 bits per heavy atom. The van der Waals surface area contributed by atoms with Crippen LogP contribution in [0, 0.1) is 5.92 Å². The third-order valence-corrected chi connectivity index (χ3v) is 10.5. The molecule has 1 fully saturated rings. The normalized spacial score (nSPS) is 29.0. The van der Waals surface area contributed by atoms with Crippen molar-refractivity contribution in [1.82, 2.24) is 0 Å². The molecule has 1 rings (SSSR count). The van der Waals surface area contributed by atoms with Crippen LogP contribution < -0.4 is 0 Å². The lowest BCUT2D eigenvalue weighted by molar-refractivity contribution is 0.324. The zero-order valence-electron chi connectivity index (χ0n) is 11.4. The van der Waals surface area contributed by atoms with Crippen LogP contribution in [-0.4, -0.2) is 8.07 Å². The van der Waals surface area contributed by atoms with Gasteiger partial charge in [-0.25, -0.2) is 0 Å². The van der Waals surface area contributed by atoms with E-state index in [4.69, 9.17) is 0 Å². The Kier molecular flexibility index (Phi) is 4.60. The van der Waals surface area contributed by atoms with Gasteiger partial charge in [-0.1, -0.05) is 51.1 Å². The predicted octanol–water partition coefficient (Wildman–Crippen LogP) is 5.41. The van der Waals surface area contributed by atoms with Crippen molar-refractivity contribution >= 4 is 8.07 Å². The second-order valence-corrected chi connectivity index (χ2v) is 11.7. The Bertz CT molecular complexity index is 244. The van der Waals surface area contributed by atoms with Crippen LogP contribution in [0.4, 0.5) is 0 Å². The lowest BCUT2D eigenvalue weighted by Crippen LogP contribution is -2.47. The summed E-state index contributed by atoms with van der Waals surface area (Å²) in [6.07, 6.45) is 10.9. The Morgan fingerprint density at radius 2 is 1.75 bits per heavy atom. The smallest absolute Gasteiger partial charge is 0.0536 e. The highest BCUT2D eigenvalue weighted by Gasteiger charge is 2.48. The van der Waals surface area contributed by atoms with Crippen LogP contribution >= 0.6 is 0 Å². The van der Waals surface area contributed by atoms with Crippen LogP contribution in [0.15, 0.2) is 25.3 Å². The van der Waals surface area contributed by atoms with Gasteiger partial charge < -0.3 is 0 Å². The molecule has 1 saturated heterocycles. The summed E-state index contributed by atoms with van der Waals surface area (Å²) in [5, 5.41) is 0.591. The molecule has 0 nitrogen and oxygen atoms in total. The molecule has 1 aliphatic rings. The standard InChI is InChI=1S/C15H28Si/c1-6-10-14(11-7-2)15(3)12-8-9-13-16(15,4)5/h6-7,14H,1-2,8-13H2,3-5H3. The maximum atomic E-state index is 3.94. The Labute approximate surface area is 103 Å². The molecule has 0 aromatic heterocycles. The van der Waals surface area contributed by atoms with E-state index in [1.54, 1.807) is 0 Å². The molecule has 0 saturated carbocycles. The highest BCUT2D eigenvalue weighted by atomic mass is 28.3. The van der Waals surface area contributed by atoms with Gasteiger partial charge in [-0.2, -0.15) is 0 Å². The van der Waals surface area contributed by atoms with Crippen molar-refractivity contribution in [3.8, 4) is 0 Å². The molecule has 0 aromatic carbocycles. The highest BCUT2D eigenvalue weighted by molar-refractivity contribution is 6.80. The molecule has 1 aliphatic heterocycles. The van der Waals surface area contributed by atoms with E-state index < -0.39 is 8.07 Å². The van der Waals surface area contributed by atoms with Crippen molar-refractivity contribution in [1.29, 1.82) is 0 Å². The van der Waals surface area contributed by atoms with Crippen LogP contribution in [0.5, 0.6) is 0 Å². The summed E-state index contributed by atoms with van der Waals surface area (Å²) in [6.45, 7) is 15.6. The summed E-state index contributed by atoms with van der Waals surface area (Å²) in [5.41, 5.74) is 0. The van der Waals surface area contributed by atoms with Crippen LogP contribution in [0.25, 0.3) is 0 Å². The third-order valence-electron chi connectivity index (χ3n) is 5.10. The average Bonchev–Trinajstić information content (AvgIpc) is 2.22. The fourth-order valence-electron chi connectivity index (χ4n) is 3.46. The first-order valence-electron chi connectivity index (χ1n) is 6.70.